The summed E-state index contributed by atoms with van der Waals surface area (Å²) in [6, 6.07) is 0.928. The van der Waals surface area contributed by atoms with Gasteiger partial charge in [0.2, 0.25) is 0 Å². The van der Waals surface area contributed by atoms with Crippen LogP contribution in [0.5, 0.6) is 0 Å². The van der Waals surface area contributed by atoms with E-state index in [4.69, 9.17) is 10.4 Å². The highest BCUT2D eigenvalue weighted by molar-refractivity contribution is 5.66. The molecule has 0 bridgehead atoms. The Morgan fingerprint density at radius 2 is 2.45 bits per heavy atom. The van der Waals surface area contributed by atoms with Gasteiger partial charge in [-0.1, -0.05) is 0 Å². The van der Waals surface area contributed by atoms with Crippen molar-refractivity contribution in [3.63, 3.8) is 0 Å². The molecule has 0 saturated carbocycles. The van der Waals surface area contributed by atoms with Crippen LogP contribution in [-0.4, -0.2) is 34.9 Å². The smallest absolute Gasteiger partial charge is 0.408 e. The Balaban J connectivity index is 2.67. The molecule has 2 atom stereocenters. The first-order valence-electron chi connectivity index (χ1n) is 3.18. The van der Waals surface area contributed by atoms with E-state index in [1.807, 2.05) is 0 Å². The Labute approximate surface area is 62.8 Å². The Hall–Kier alpha value is -1.31. The van der Waals surface area contributed by atoms with Crippen molar-refractivity contribution in [2.75, 3.05) is 6.54 Å². The molecule has 4 nitrogen and oxygen atoms in total. The summed E-state index contributed by atoms with van der Waals surface area (Å²) in [5.74, 6) is 0. The fourth-order valence-electron chi connectivity index (χ4n) is 1.12. The SMILES string of the molecule is N#CC1CC(F)CN1C(=O)O. The highest BCUT2D eigenvalue weighted by Gasteiger charge is 2.35. The van der Waals surface area contributed by atoms with Crippen molar-refractivity contribution in [1.29, 1.82) is 5.26 Å². The summed E-state index contributed by atoms with van der Waals surface area (Å²) in [5.41, 5.74) is 0. The maximum atomic E-state index is 12.5. The van der Waals surface area contributed by atoms with Gasteiger partial charge in [-0.05, 0) is 0 Å². The number of alkyl halides is 1. The number of amides is 1. The summed E-state index contributed by atoms with van der Waals surface area (Å²) in [4.78, 5) is 11.1. The average Bonchev–Trinajstić information content (AvgIpc) is 2.30. The number of rotatable bonds is 0. The van der Waals surface area contributed by atoms with Gasteiger partial charge in [0.1, 0.15) is 12.2 Å². The Morgan fingerprint density at radius 1 is 1.82 bits per heavy atom. The molecule has 5 heteroatoms. The van der Waals surface area contributed by atoms with E-state index in [-0.39, 0.29) is 13.0 Å². The normalized spacial score (nSPS) is 30.0. The van der Waals surface area contributed by atoms with Gasteiger partial charge >= 0.3 is 6.09 Å². The molecule has 1 amide bonds. The summed E-state index contributed by atoms with van der Waals surface area (Å²) < 4.78 is 12.5. The molecular formula is C6H7FN2O2. The Bertz CT molecular complexity index is 213. The molecule has 1 aliphatic rings. The van der Waals surface area contributed by atoms with Gasteiger partial charge in [0, 0.05) is 6.42 Å². The van der Waals surface area contributed by atoms with Crippen LogP contribution in [0.2, 0.25) is 0 Å². The molecule has 0 aromatic heterocycles. The zero-order valence-corrected chi connectivity index (χ0v) is 5.70. The monoisotopic (exact) mass is 158 g/mol. The number of nitrogens with zero attached hydrogens (tertiary/aromatic N) is 2. The summed E-state index contributed by atoms with van der Waals surface area (Å²) in [6.07, 6.45) is -2.41. The van der Waals surface area contributed by atoms with Gasteiger partial charge in [0.25, 0.3) is 0 Å². The first-order chi connectivity index (χ1) is 5.15. The van der Waals surface area contributed by atoms with Gasteiger partial charge in [0.05, 0.1) is 12.6 Å². The van der Waals surface area contributed by atoms with E-state index >= 15 is 0 Å². The number of halogens is 1. The number of carboxylic acid groups (broad SMARTS) is 1. The molecule has 1 rings (SSSR count). The zero-order valence-electron chi connectivity index (χ0n) is 5.70. The third kappa shape index (κ3) is 1.40. The lowest BCUT2D eigenvalue weighted by Gasteiger charge is -2.13. The van der Waals surface area contributed by atoms with Crippen LogP contribution < -0.4 is 0 Å². The number of nitriles is 1. The summed E-state index contributed by atoms with van der Waals surface area (Å²) in [6.45, 7) is -0.173. The highest BCUT2D eigenvalue weighted by atomic mass is 19.1. The van der Waals surface area contributed by atoms with Crippen molar-refractivity contribution >= 4 is 6.09 Å². The number of hydrogen-bond donors (Lipinski definition) is 1. The molecule has 0 aliphatic carbocycles. The number of carbonyl (C=O) groups is 1. The molecule has 1 fully saturated rings. The fraction of sp³-hybridized carbons (Fsp3) is 0.667. The van der Waals surface area contributed by atoms with Gasteiger partial charge in [-0.3, -0.25) is 4.90 Å². The van der Waals surface area contributed by atoms with Gasteiger partial charge in [0.15, 0.2) is 0 Å². The van der Waals surface area contributed by atoms with Crippen LogP contribution in [0.25, 0.3) is 0 Å². The van der Waals surface area contributed by atoms with E-state index in [2.05, 4.69) is 0 Å². The molecule has 60 valence electrons. The van der Waals surface area contributed by atoms with E-state index in [1.165, 1.54) is 0 Å². The van der Waals surface area contributed by atoms with E-state index in [9.17, 15) is 9.18 Å². The van der Waals surface area contributed by atoms with Gasteiger partial charge < -0.3 is 5.11 Å². The van der Waals surface area contributed by atoms with Crippen molar-refractivity contribution in [3.8, 4) is 6.07 Å². The molecule has 0 aromatic rings. The van der Waals surface area contributed by atoms with Crippen LogP contribution in [0.3, 0.4) is 0 Å². The van der Waals surface area contributed by atoms with Crippen LogP contribution in [-0.2, 0) is 0 Å². The van der Waals surface area contributed by atoms with E-state index < -0.39 is 18.3 Å². The minimum absolute atomic E-state index is 0.00278. The lowest BCUT2D eigenvalue weighted by atomic mass is 10.2. The second kappa shape index (κ2) is 2.74. The van der Waals surface area contributed by atoms with E-state index in [1.54, 1.807) is 6.07 Å². The second-order valence-corrected chi connectivity index (χ2v) is 2.41. The quantitative estimate of drug-likeness (QED) is 0.561. The molecule has 1 aliphatic heterocycles. The summed E-state index contributed by atoms with van der Waals surface area (Å²) in [7, 11) is 0. The lowest BCUT2D eigenvalue weighted by Crippen LogP contribution is -2.33. The van der Waals surface area contributed by atoms with Crippen LogP contribution in [0.4, 0.5) is 9.18 Å². The first-order valence-corrected chi connectivity index (χ1v) is 3.18. The van der Waals surface area contributed by atoms with Crippen molar-refractivity contribution in [2.24, 2.45) is 0 Å². The van der Waals surface area contributed by atoms with E-state index in [0.717, 1.165) is 4.90 Å². The molecular weight excluding hydrogens is 151 g/mol. The average molecular weight is 158 g/mol. The van der Waals surface area contributed by atoms with Crippen LogP contribution in [0.15, 0.2) is 0 Å². The van der Waals surface area contributed by atoms with Crippen molar-refractivity contribution < 1.29 is 14.3 Å². The van der Waals surface area contributed by atoms with Gasteiger partial charge in [-0.2, -0.15) is 5.26 Å². The molecule has 0 aromatic carbocycles. The van der Waals surface area contributed by atoms with Crippen LogP contribution in [0, 0.1) is 11.3 Å². The second-order valence-electron chi connectivity index (χ2n) is 2.41. The number of likely N-dealkylation sites (tertiary alicyclic amines) is 1. The standard InChI is InChI=1S/C6H7FN2O2/c7-4-1-5(2-8)9(3-4)6(10)11/h4-5H,1,3H2,(H,10,11). The summed E-state index contributed by atoms with van der Waals surface area (Å²) in [5, 5.41) is 16.8. The minimum atomic E-state index is -1.23. The fourth-order valence-corrected chi connectivity index (χ4v) is 1.12. The Morgan fingerprint density at radius 3 is 2.82 bits per heavy atom. The zero-order chi connectivity index (χ0) is 8.43. The van der Waals surface area contributed by atoms with Crippen LogP contribution >= 0.6 is 0 Å². The molecule has 1 saturated heterocycles. The first kappa shape index (κ1) is 7.79. The third-order valence-electron chi connectivity index (χ3n) is 1.64. The Kier molecular flexibility index (Phi) is 1.94. The molecule has 11 heavy (non-hydrogen) atoms. The maximum absolute atomic E-state index is 12.5. The van der Waals surface area contributed by atoms with Crippen molar-refractivity contribution in [2.45, 2.75) is 18.6 Å². The van der Waals surface area contributed by atoms with Crippen LogP contribution in [0.1, 0.15) is 6.42 Å². The largest absolute Gasteiger partial charge is 0.465 e. The van der Waals surface area contributed by atoms with Gasteiger partial charge in [-0.15, -0.1) is 0 Å². The number of hydrogen-bond acceptors (Lipinski definition) is 2. The predicted molar refractivity (Wildman–Crippen MR) is 33.6 cm³/mol. The molecule has 0 spiro atoms. The maximum Gasteiger partial charge on any atom is 0.408 e. The molecule has 1 N–H and O–H groups in total. The van der Waals surface area contributed by atoms with Crippen molar-refractivity contribution in [1.82, 2.24) is 4.90 Å². The van der Waals surface area contributed by atoms with Gasteiger partial charge in [-0.25, -0.2) is 9.18 Å². The third-order valence-corrected chi connectivity index (χ3v) is 1.64. The lowest BCUT2D eigenvalue weighted by molar-refractivity contribution is 0.145. The minimum Gasteiger partial charge on any atom is -0.465 e. The topological polar surface area (TPSA) is 64.3 Å². The molecule has 0 radical (unpaired) electrons. The molecule has 2 unspecified atom stereocenters. The molecule has 1 heterocycles. The summed E-state index contributed by atoms with van der Waals surface area (Å²) >= 11 is 0. The predicted octanol–water partition coefficient (Wildman–Crippen LogP) is 0.600. The highest BCUT2D eigenvalue weighted by Crippen LogP contribution is 2.19. The van der Waals surface area contributed by atoms with E-state index in [0.29, 0.717) is 0 Å². The van der Waals surface area contributed by atoms with Crippen molar-refractivity contribution in [3.05, 3.63) is 0 Å².